The van der Waals surface area contributed by atoms with E-state index in [1.807, 2.05) is 24.3 Å². The zero-order chi connectivity index (χ0) is 11.4. The summed E-state index contributed by atoms with van der Waals surface area (Å²) in [5.74, 6) is 1.79. The predicted molar refractivity (Wildman–Crippen MR) is 64.9 cm³/mol. The number of halogens is 1. The van der Waals surface area contributed by atoms with Crippen molar-refractivity contribution in [2.45, 2.75) is 6.61 Å². The van der Waals surface area contributed by atoms with Crippen LogP contribution in [0.5, 0.6) is 5.75 Å². The third-order valence-corrected chi connectivity index (χ3v) is 2.44. The van der Waals surface area contributed by atoms with E-state index in [-0.39, 0.29) is 0 Å². The number of nitrogen functional groups attached to an aromatic ring is 1. The highest BCUT2D eigenvalue weighted by Crippen LogP contribution is 2.16. The second-order valence-electron chi connectivity index (χ2n) is 3.14. The molecule has 1 aromatic heterocycles. The third kappa shape index (κ3) is 2.93. The van der Waals surface area contributed by atoms with Crippen LogP contribution in [0.3, 0.4) is 0 Å². The summed E-state index contributed by atoms with van der Waals surface area (Å²) in [7, 11) is 0. The van der Waals surface area contributed by atoms with Crippen LogP contribution >= 0.6 is 15.9 Å². The summed E-state index contributed by atoms with van der Waals surface area (Å²) < 4.78 is 6.51. The summed E-state index contributed by atoms with van der Waals surface area (Å²) in [5.41, 5.74) is 5.53. The molecule has 0 atom stereocenters. The van der Waals surface area contributed by atoms with E-state index < -0.39 is 0 Å². The molecule has 5 heteroatoms. The lowest BCUT2D eigenvalue weighted by Crippen LogP contribution is -2.03. The monoisotopic (exact) mass is 279 g/mol. The highest BCUT2D eigenvalue weighted by atomic mass is 79.9. The molecule has 0 spiro atoms. The van der Waals surface area contributed by atoms with E-state index in [2.05, 4.69) is 25.9 Å². The second kappa shape index (κ2) is 4.94. The highest BCUT2D eigenvalue weighted by Gasteiger charge is 1.99. The minimum absolute atomic E-state index is 0.312. The molecule has 2 aromatic rings. The van der Waals surface area contributed by atoms with Gasteiger partial charge >= 0.3 is 0 Å². The summed E-state index contributed by atoms with van der Waals surface area (Å²) in [6.07, 6.45) is 1.61. The summed E-state index contributed by atoms with van der Waals surface area (Å²) in [5, 5.41) is 0. The fourth-order valence-corrected chi connectivity index (χ4v) is 1.43. The molecular weight excluding hydrogens is 270 g/mol. The molecule has 2 N–H and O–H groups in total. The fourth-order valence-electron chi connectivity index (χ4n) is 1.16. The number of ether oxygens (including phenoxy) is 1. The van der Waals surface area contributed by atoms with Crippen LogP contribution in [0.15, 0.2) is 41.0 Å². The van der Waals surface area contributed by atoms with Gasteiger partial charge in [-0.2, -0.15) is 0 Å². The Bertz CT molecular complexity index is 473. The van der Waals surface area contributed by atoms with Gasteiger partial charge in [0, 0.05) is 10.7 Å². The van der Waals surface area contributed by atoms with Crippen molar-refractivity contribution in [3.05, 3.63) is 46.8 Å². The van der Waals surface area contributed by atoms with Gasteiger partial charge < -0.3 is 10.5 Å². The molecule has 82 valence electrons. The minimum atomic E-state index is 0.312. The number of aromatic nitrogens is 2. The Balaban J connectivity index is 1.99. The standard InChI is InChI=1S/C11H10BrN3O/c12-8-1-3-9(4-2-8)16-7-11-14-6-5-10(13)15-11/h1-6H,7H2,(H2,13,14,15). The van der Waals surface area contributed by atoms with E-state index in [0.717, 1.165) is 10.2 Å². The molecule has 0 amide bonds. The molecule has 0 bridgehead atoms. The van der Waals surface area contributed by atoms with Gasteiger partial charge in [0.2, 0.25) is 0 Å². The zero-order valence-corrected chi connectivity index (χ0v) is 10.0. The minimum Gasteiger partial charge on any atom is -0.486 e. The SMILES string of the molecule is Nc1ccnc(COc2ccc(Br)cc2)n1. The van der Waals surface area contributed by atoms with Crippen molar-refractivity contribution in [3.8, 4) is 5.75 Å². The summed E-state index contributed by atoms with van der Waals surface area (Å²) >= 11 is 3.35. The number of hydrogen-bond donors (Lipinski definition) is 1. The summed E-state index contributed by atoms with van der Waals surface area (Å²) in [4.78, 5) is 8.09. The van der Waals surface area contributed by atoms with E-state index in [1.165, 1.54) is 0 Å². The first-order valence-electron chi connectivity index (χ1n) is 4.70. The van der Waals surface area contributed by atoms with Crippen molar-refractivity contribution in [3.63, 3.8) is 0 Å². The fraction of sp³-hybridized carbons (Fsp3) is 0.0909. The molecule has 16 heavy (non-hydrogen) atoms. The number of anilines is 1. The average molecular weight is 280 g/mol. The van der Waals surface area contributed by atoms with Crippen LogP contribution < -0.4 is 10.5 Å². The van der Waals surface area contributed by atoms with E-state index in [9.17, 15) is 0 Å². The molecule has 1 aromatic carbocycles. The maximum absolute atomic E-state index is 5.53. The molecule has 4 nitrogen and oxygen atoms in total. The topological polar surface area (TPSA) is 61.0 Å². The van der Waals surface area contributed by atoms with Crippen LogP contribution in [0, 0.1) is 0 Å². The van der Waals surface area contributed by atoms with Crippen molar-refractivity contribution < 1.29 is 4.74 Å². The average Bonchev–Trinajstić information content (AvgIpc) is 2.28. The third-order valence-electron chi connectivity index (χ3n) is 1.91. The van der Waals surface area contributed by atoms with E-state index in [0.29, 0.717) is 18.2 Å². The molecular formula is C11H10BrN3O. The van der Waals surface area contributed by atoms with Gasteiger partial charge in [-0.25, -0.2) is 9.97 Å². The molecule has 1 heterocycles. The van der Waals surface area contributed by atoms with Crippen molar-refractivity contribution >= 4 is 21.7 Å². The first-order chi connectivity index (χ1) is 7.74. The number of rotatable bonds is 3. The number of benzene rings is 1. The largest absolute Gasteiger partial charge is 0.486 e. The molecule has 0 radical (unpaired) electrons. The van der Waals surface area contributed by atoms with Crippen molar-refractivity contribution in [2.75, 3.05) is 5.73 Å². The van der Waals surface area contributed by atoms with Crippen molar-refractivity contribution in [2.24, 2.45) is 0 Å². The second-order valence-corrected chi connectivity index (χ2v) is 4.06. The Labute approximate surface area is 102 Å². The van der Waals surface area contributed by atoms with Gasteiger partial charge in [0.15, 0.2) is 5.82 Å². The lowest BCUT2D eigenvalue weighted by molar-refractivity contribution is 0.296. The van der Waals surface area contributed by atoms with Gasteiger partial charge in [0.25, 0.3) is 0 Å². The van der Waals surface area contributed by atoms with Crippen LogP contribution in [-0.2, 0) is 6.61 Å². The molecule has 0 aliphatic heterocycles. The van der Waals surface area contributed by atoms with E-state index in [4.69, 9.17) is 10.5 Å². The van der Waals surface area contributed by atoms with Gasteiger partial charge in [-0.15, -0.1) is 0 Å². The van der Waals surface area contributed by atoms with Crippen LogP contribution in [0.1, 0.15) is 5.82 Å². The number of nitrogens with zero attached hydrogens (tertiary/aromatic N) is 2. The molecule has 0 saturated carbocycles. The first kappa shape index (κ1) is 10.9. The number of nitrogens with two attached hydrogens (primary N) is 1. The molecule has 0 unspecified atom stereocenters. The maximum Gasteiger partial charge on any atom is 0.168 e. The Morgan fingerprint density at radius 3 is 2.62 bits per heavy atom. The van der Waals surface area contributed by atoms with E-state index in [1.54, 1.807) is 12.3 Å². The smallest absolute Gasteiger partial charge is 0.168 e. The van der Waals surface area contributed by atoms with Gasteiger partial charge in [0.1, 0.15) is 18.2 Å². The lowest BCUT2D eigenvalue weighted by Gasteiger charge is -2.05. The predicted octanol–water partition coefficient (Wildman–Crippen LogP) is 2.40. The lowest BCUT2D eigenvalue weighted by atomic mass is 10.3. The van der Waals surface area contributed by atoms with Gasteiger partial charge in [-0.3, -0.25) is 0 Å². The molecule has 2 rings (SSSR count). The van der Waals surface area contributed by atoms with Crippen molar-refractivity contribution in [1.29, 1.82) is 0 Å². The van der Waals surface area contributed by atoms with Crippen molar-refractivity contribution in [1.82, 2.24) is 9.97 Å². The molecule has 0 fully saturated rings. The number of hydrogen-bond acceptors (Lipinski definition) is 4. The molecule has 0 aliphatic rings. The molecule has 0 saturated heterocycles. The highest BCUT2D eigenvalue weighted by molar-refractivity contribution is 9.10. The summed E-state index contributed by atoms with van der Waals surface area (Å²) in [6.45, 7) is 0.312. The van der Waals surface area contributed by atoms with Crippen LogP contribution in [0.25, 0.3) is 0 Å². The molecule has 0 aliphatic carbocycles. The van der Waals surface area contributed by atoms with Crippen LogP contribution in [-0.4, -0.2) is 9.97 Å². The van der Waals surface area contributed by atoms with E-state index >= 15 is 0 Å². The Hall–Kier alpha value is -1.62. The summed E-state index contributed by atoms with van der Waals surface area (Å²) in [6, 6.07) is 9.21. The van der Waals surface area contributed by atoms with Gasteiger partial charge in [-0.05, 0) is 30.3 Å². The maximum atomic E-state index is 5.53. The Kier molecular flexibility index (Phi) is 3.36. The Morgan fingerprint density at radius 2 is 1.94 bits per heavy atom. The first-order valence-corrected chi connectivity index (χ1v) is 5.49. The normalized spacial score (nSPS) is 10.1. The Morgan fingerprint density at radius 1 is 1.19 bits per heavy atom. The van der Waals surface area contributed by atoms with Gasteiger partial charge in [0.05, 0.1) is 0 Å². The van der Waals surface area contributed by atoms with Crippen LogP contribution in [0.4, 0.5) is 5.82 Å². The zero-order valence-electron chi connectivity index (χ0n) is 8.43. The quantitative estimate of drug-likeness (QED) is 0.937. The van der Waals surface area contributed by atoms with Gasteiger partial charge in [-0.1, -0.05) is 15.9 Å². The van der Waals surface area contributed by atoms with Crippen LogP contribution in [0.2, 0.25) is 0 Å².